The number of para-hydroxylation sites is 1. The van der Waals surface area contributed by atoms with Crippen molar-refractivity contribution in [1.82, 2.24) is 10.3 Å². The number of anilines is 1. The molecule has 1 aromatic carbocycles. The summed E-state index contributed by atoms with van der Waals surface area (Å²) in [6, 6.07) is 11.5. The molecule has 2 amide bonds. The summed E-state index contributed by atoms with van der Waals surface area (Å²) >= 11 is 3.07. The van der Waals surface area contributed by atoms with Gasteiger partial charge in [-0.3, -0.25) is 14.5 Å². The predicted molar refractivity (Wildman–Crippen MR) is 112 cm³/mol. The summed E-state index contributed by atoms with van der Waals surface area (Å²) in [6.07, 6.45) is 0.211. The summed E-state index contributed by atoms with van der Waals surface area (Å²) in [7, 11) is 0. The lowest BCUT2D eigenvalue weighted by Crippen LogP contribution is -2.37. The second-order valence-electron chi connectivity index (χ2n) is 6.84. The maximum Gasteiger partial charge on any atom is 0.231 e. The summed E-state index contributed by atoms with van der Waals surface area (Å²) in [4.78, 5) is 32.2. The molecule has 0 radical (unpaired) electrons. The van der Waals surface area contributed by atoms with E-state index < -0.39 is 0 Å². The van der Waals surface area contributed by atoms with E-state index in [1.807, 2.05) is 41.8 Å². The zero-order chi connectivity index (χ0) is 19.4. The van der Waals surface area contributed by atoms with Gasteiger partial charge in [-0.2, -0.15) is 0 Å². The van der Waals surface area contributed by atoms with E-state index in [1.54, 1.807) is 16.2 Å². The summed E-state index contributed by atoms with van der Waals surface area (Å²) in [6.45, 7) is 6.23. The molecule has 5 nitrogen and oxygen atoms in total. The van der Waals surface area contributed by atoms with Crippen molar-refractivity contribution in [3.05, 3.63) is 46.7 Å². The fraction of sp³-hybridized carbons (Fsp3) is 0.350. The van der Waals surface area contributed by atoms with E-state index in [0.29, 0.717) is 17.6 Å². The number of carbonyl (C=O) groups is 2. The summed E-state index contributed by atoms with van der Waals surface area (Å²) in [5.41, 5.74) is 0.899. The molecule has 0 saturated heterocycles. The third-order valence-corrected chi connectivity index (χ3v) is 6.05. The number of rotatable bonds is 7. The van der Waals surface area contributed by atoms with Gasteiger partial charge in [0.25, 0.3) is 0 Å². The molecular weight excluding hydrogens is 378 g/mol. The van der Waals surface area contributed by atoms with Crippen molar-refractivity contribution in [3.8, 4) is 0 Å². The Morgan fingerprint density at radius 1 is 1.19 bits per heavy atom. The molecular formula is C20H23N3O2S2. The third kappa shape index (κ3) is 4.93. The molecule has 142 valence electrons. The van der Waals surface area contributed by atoms with E-state index >= 15 is 0 Å². The van der Waals surface area contributed by atoms with Gasteiger partial charge in [-0.25, -0.2) is 4.98 Å². The number of amides is 2. The standard InChI is InChI=1S/C20H23N3O2S2/c1-13(2)12-23(20-22-15-7-4-5-8-18(15)27-20)19(25)11-16(21-14(3)24)17-9-6-10-26-17/h4-10,13,16H,11-12H2,1-3H3,(H,21,24)/t16-/m1/s1. The van der Waals surface area contributed by atoms with Gasteiger partial charge in [0.2, 0.25) is 11.8 Å². The lowest BCUT2D eigenvalue weighted by Gasteiger charge is -2.24. The smallest absolute Gasteiger partial charge is 0.231 e. The van der Waals surface area contributed by atoms with Gasteiger partial charge < -0.3 is 5.32 Å². The number of benzene rings is 1. The fourth-order valence-electron chi connectivity index (χ4n) is 2.87. The van der Waals surface area contributed by atoms with Crippen molar-refractivity contribution in [2.75, 3.05) is 11.4 Å². The average Bonchev–Trinajstić information content (AvgIpc) is 3.27. The molecule has 0 fully saturated rings. The van der Waals surface area contributed by atoms with E-state index in [1.165, 1.54) is 18.3 Å². The normalized spacial score (nSPS) is 12.3. The minimum atomic E-state index is -0.320. The lowest BCUT2D eigenvalue weighted by atomic mass is 10.1. The van der Waals surface area contributed by atoms with Crippen molar-refractivity contribution >= 4 is 49.8 Å². The van der Waals surface area contributed by atoms with Crippen LogP contribution in [0.3, 0.4) is 0 Å². The van der Waals surface area contributed by atoms with Crippen LogP contribution in [0.15, 0.2) is 41.8 Å². The Morgan fingerprint density at radius 2 is 1.96 bits per heavy atom. The van der Waals surface area contributed by atoms with Gasteiger partial charge in [0.05, 0.1) is 22.7 Å². The first-order chi connectivity index (χ1) is 12.9. The maximum atomic E-state index is 13.2. The van der Waals surface area contributed by atoms with Crippen LogP contribution >= 0.6 is 22.7 Å². The van der Waals surface area contributed by atoms with Crippen LogP contribution in [0, 0.1) is 5.92 Å². The van der Waals surface area contributed by atoms with Crippen molar-refractivity contribution in [2.24, 2.45) is 5.92 Å². The van der Waals surface area contributed by atoms with Crippen molar-refractivity contribution in [2.45, 2.75) is 33.2 Å². The second kappa shape index (κ2) is 8.63. The molecule has 0 saturated carbocycles. The Hall–Kier alpha value is -2.25. The van der Waals surface area contributed by atoms with Crippen molar-refractivity contribution in [3.63, 3.8) is 0 Å². The molecule has 0 aliphatic carbocycles. The van der Waals surface area contributed by atoms with E-state index in [4.69, 9.17) is 0 Å². The van der Waals surface area contributed by atoms with Gasteiger partial charge in [0.1, 0.15) is 0 Å². The number of thiazole rings is 1. The second-order valence-corrected chi connectivity index (χ2v) is 8.82. The molecule has 1 atom stereocenters. The zero-order valence-electron chi connectivity index (χ0n) is 15.6. The molecule has 7 heteroatoms. The van der Waals surface area contributed by atoms with Gasteiger partial charge in [-0.15, -0.1) is 11.3 Å². The van der Waals surface area contributed by atoms with E-state index in [9.17, 15) is 9.59 Å². The highest BCUT2D eigenvalue weighted by Crippen LogP contribution is 2.31. The number of hydrogen-bond donors (Lipinski definition) is 1. The largest absolute Gasteiger partial charge is 0.348 e. The van der Waals surface area contributed by atoms with Crippen LogP contribution in [0.4, 0.5) is 5.13 Å². The van der Waals surface area contributed by atoms with E-state index in [2.05, 4.69) is 24.1 Å². The lowest BCUT2D eigenvalue weighted by molar-refractivity contribution is -0.121. The molecule has 2 aromatic heterocycles. The van der Waals surface area contributed by atoms with Gasteiger partial charge >= 0.3 is 0 Å². The molecule has 27 heavy (non-hydrogen) atoms. The number of fused-ring (bicyclic) bond motifs is 1. The van der Waals surface area contributed by atoms with Crippen LogP contribution in [-0.2, 0) is 9.59 Å². The fourth-order valence-corrected chi connectivity index (χ4v) is 4.64. The highest BCUT2D eigenvalue weighted by molar-refractivity contribution is 7.22. The number of hydrogen-bond acceptors (Lipinski definition) is 5. The van der Waals surface area contributed by atoms with E-state index in [0.717, 1.165) is 15.1 Å². The predicted octanol–water partition coefficient (Wildman–Crippen LogP) is 4.61. The van der Waals surface area contributed by atoms with Crippen LogP contribution < -0.4 is 10.2 Å². The molecule has 3 aromatic rings. The molecule has 0 aliphatic heterocycles. The summed E-state index contributed by atoms with van der Waals surface area (Å²) in [5.74, 6) is 0.133. The number of aromatic nitrogens is 1. The number of nitrogens with one attached hydrogen (secondary N) is 1. The summed E-state index contributed by atoms with van der Waals surface area (Å²) in [5, 5.41) is 5.57. The van der Waals surface area contributed by atoms with Gasteiger partial charge in [0.15, 0.2) is 5.13 Å². The van der Waals surface area contributed by atoms with Crippen molar-refractivity contribution in [1.29, 1.82) is 0 Å². The first-order valence-electron chi connectivity index (χ1n) is 8.90. The molecule has 1 N–H and O–H groups in total. The van der Waals surface area contributed by atoms with Crippen LogP contribution in [-0.4, -0.2) is 23.3 Å². The minimum absolute atomic E-state index is 0.0325. The highest BCUT2D eigenvalue weighted by Gasteiger charge is 2.25. The van der Waals surface area contributed by atoms with Crippen LogP contribution in [0.2, 0.25) is 0 Å². The Labute approximate surface area is 167 Å². The van der Waals surface area contributed by atoms with Crippen LogP contribution in [0.1, 0.15) is 38.1 Å². The first-order valence-corrected chi connectivity index (χ1v) is 10.6. The Kier molecular flexibility index (Phi) is 6.23. The third-order valence-electron chi connectivity index (χ3n) is 4.01. The maximum absolute atomic E-state index is 13.2. The number of nitrogens with zero attached hydrogens (tertiary/aromatic N) is 2. The SMILES string of the molecule is CC(=O)N[C@H](CC(=O)N(CC(C)C)c1nc2ccccc2s1)c1cccs1. The average molecular weight is 402 g/mol. The zero-order valence-corrected chi connectivity index (χ0v) is 17.3. The van der Waals surface area contributed by atoms with Gasteiger partial charge in [0, 0.05) is 18.3 Å². The minimum Gasteiger partial charge on any atom is -0.348 e. The molecule has 0 unspecified atom stereocenters. The molecule has 0 spiro atoms. The van der Waals surface area contributed by atoms with Crippen LogP contribution in [0.25, 0.3) is 10.2 Å². The number of carbonyl (C=O) groups excluding carboxylic acids is 2. The Bertz CT molecular complexity index is 885. The molecule has 3 rings (SSSR count). The Balaban J connectivity index is 1.87. The van der Waals surface area contributed by atoms with Crippen LogP contribution in [0.5, 0.6) is 0 Å². The topological polar surface area (TPSA) is 62.3 Å². The Morgan fingerprint density at radius 3 is 2.59 bits per heavy atom. The van der Waals surface area contributed by atoms with Gasteiger partial charge in [-0.1, -0.05) is 43.4 Å². The monoisotopic (exact) mass is 401 g/mol. The molecule has 0 aliphatic rings. The summed E-state index contributed by atoms with van der Waals surface area (Å²) < 4.78 is 1.06. The molecule has 0 bridgehead atoms. The molecule has 2 heterocycles. The highest BCUT2D eigenvalue weighted by atomic mass is 32.1. The number of thiophene rings is 1. The first kappa shape index (κ1) is 19.5. The van der Waals surface area contributed by atoms with E-state index in [-0.39, 0.29) is 24.3 Å². The van der Waals surface area contributed by atoms with Crippen molar-refractivity contribution < 1.29 is 9.59 Å². The quantitative estimate of drug-likeness (QED) is 0.629. The van der Waals surface area contributed by atoms with Gasteiger partial charge in [-0.05, 0) is 29.5 Å².